The first-order chi connectivity index (χ1) is 8.55. The third kappa shape index (κ3) is 2.73. The van der Waals surface area contributed by atoms with Crippen molar-refractivity contribution in [2.75, 3.05) is 18.4 Å². The van der Waals surface area contributed by atoms with Crippen LogP contribution in [0.15, 0.2) is 23.4 Å². The van der Waals surface area contributed by atoms with E-state index in [9.17, 15) is 12.8 Å². The maximum absolute atomic E-state index is 13.5. The van der Waals surface area contributed by atoms with Gasteiger partial charge in [0.2, 0.25) is 5.03 Å². The molecule has 0 amide bonds. The topological polar surface area (TPSA) is 50.3 Å². The molecule has 1 aliphatic heterocycles. The molecular weight excluding hydrogens is 323 g/mol. The Morgan fingerprint density at radius 2 is 2.33 bits per heavy atom. The van der Waals surface area contributed by atoms with Gasteiger partial charge in [0.25, 0.3) is 10.0 Å². The molecule has 1 atom stereocenters. The second-order valence-corrected chi connectivity index (χ2v) is 6.93. The van der Waals surface area contributed by atoms with E-state index in [-0.39, 0.29) is 0 Å². The number of sulfonamides is 1. The van der Waals surface area contributed by atoms with Crippen LogP contribution < -0.4 is 0 Å². The van der Waals surface area contributed by atoms with Gasteiger partial charge in [0.1, 0.15) is 0 Å². The lowest BCUT2D eigenvalue weighted by Crippen LogP contribution is -2.30. The first-order valence-corrected chi connectivity index (χ1v) is 8.28. The molecule has 4 nitrogen and oxygen atoms in total. The molecule has 18 heavy (non-hydrogen) atoms. The molecule has 0 aromatic carbocycles. The van der Waals surface area contributed by atoms with Crippen molar-refractivity contribution in [2.45, 2.75) is 17.9 Å². The molecule has 1 saturated heterocycles. The van der Waals surface area contributed by atoms with Crippen LogP contribution in [-0.2, 0) is 10.0 Å². The highest BCUT2D eigenvalue weighted by atomic mass is 79.9. The van der Waals surface area contributed by atoms with Crippen molar-refractivity contribution in [1.29, 1.82) is 0 Å². The largest absolute Gasteiger partial charge is 0.263 e. The first kappa shape index (κ1) is 13.9. The second kappa shape index (κ2) is 5.63. The molecule has 7 heteroatoms. The summed E-state index contributed by atoms with van der Waals surface area (Å²) in [6, 6.07) is 2.50. The van der Waals surface area contributed by atoms with Crippen molar-refractivity contribution in [1.82, 2.24) is 9.29 Å². The molecule has 1 aromatic rings. The zero-order valence-corrected chi connectivity index (χ0v) is 12.1. The molecule has 1 aromatic heterocycles. The van der Waals surface area contributed by atoms with Crippen molar-refractivity contribution in [2.24, 2.45) is 5.92 Å². The van der Waals surface area contributed by atoms with Crippen LogP contribution in [0.25, 0.3) is 0 Å². The minimum atomic E-state index is -3.79. The Hall–Kier alpha value is -0.530. The number of nitrogens with zero attached hydrogens (tertiary/aromatic N) is 2. The van der Waals surface area contributed by atoms with Crippen molar-refractivity contribution in [3.63, 3.8) is 0 Å². The van der Waals surface area contributed by atoms with Crippen LogP contribution in [0.2, 0.25) is 0 Å². The van der Waals surface area contributed by atoms with Crippen LogP contribution in [0, 0.1) is 11.7 Å². The summed E-state index contributed by atoms with van der Waals surface area (Å²) in [4.78, 5) is 3.65. The summed E-state index contributed by atoms with van der Waals surface area (Å²) in [5.74, 6) is -0.452. The predicted molar refractivity (Wildman–Crippen MR) is 69.5 cm³/mol. The molecule has 100 valence electrons. The summed E-state index contributed by atoms with van der Waals surface area (Å²) in [6.07, 6.45) is 3.04. The normalized spacial score (nSPS) is 21.3. The van der Waals surface area contributed by atoms with E-state index in [4.69, 9.17) is 0 Å². The van der Waals surface area contributed by atoms with Crippen LogP contribution in [-0.4, -0.2) is 36.1 Å². The zero-order chi connectivity index (χ0) is 13.2. The van der Waals surface area contributed by atoms with Crippen LogP contribution >= 0.6 is 15.9 Å². The number of rotatable bonds is 4. The Balaban J connectivity index is 2.21. The van der Waals surface area contributed by atoms with Crippen LogP contribution in [0.4, 0.5) is 4.39 Å². The summed E-state index contributed by atoms with van der Waals surface area (Å²) in [5, 5.41) is 0.383. The second-order valence-electron chi connectivity index (χ2n) is 4.29. The summed E-state index contributed by atoms with van der Waals surface area (Å²) < 4.78 is 39.3. The molecule has 0 spiro atoms. The zero-order valence-electron chi connectivity index (χ0n) is 9.72. The molecule has 2 heterocycles. The fraction of sp³-hybridized carbons (Fsp3) is 0.545. The van der Waals surface area contributed by atoms with Crippen LogP contribution in [0.3, 0.4) is 0 Å². The standard InChI is InChI=1S/C11H14BrFN2O2S/c12-5-3-9-4-7-15(8-9)18(16,17)11-10(13)2-1-6-14-11/h1-2,6,9H,3-5,7-8H2. The number of pyridine rings is 1. The number of hydrogen-bond acceptors (Lipinski definition) is 3. The fourth-order valence-corrected chi connectivity index (χ4v) is 4.24. The van der Waals surface area contributed by atoms with Gasteiger partial charge in [-0.25, -0.2) is 17.8 Å². The molecular formula is C11H14BrFN2O2S. The summed E-state index contributed by atoms with van der Waals surface area (Å²) in [6.45, 7) is 0.889. The molecule has 0 aliphatic carbocycles. The summed E-state index contributed by atoms with van der Waals surface area (Å²) >= 11 is 3.35. The number of hydrogen-bond donors (Lipinski definition) is 0. The lowest BCUT2D eigenvalue weighted by molar-refractivity contribution is 0.445. The first-order valence-electron chi connectivity index (χ1n) is 5.72. The Morgan fingerprint density at radius 3 is 3.00 bits per heavy atom. The summed E-state index contributed by atoms with van der Waals surface area (Å²) in [5.41, 5.74) is 0. The lowest BCUT2D eigenvalue weighted by atomic mass is 10.1. The van der Waals surface area contributed by atoms with Crippen molar-refractivity contribution < 1.29 is 12.8 Å². The smallest absolute Gasteiger partial charge is 0.241 e. The van der Waals surface area contributed by atoms with Gasteiger partial charge in [-0.15, -0.1) is 0 Å². The third-order valence-electron chi connectivity index (χ3n) is 3.07. The van der Waals surface area contributed by atoms with E-state index in [0.717, 1.165) is 24.2 Å². The number of aromatic nitrogens is 1. The molecule has 1 fully saturated rings. The molecule has 0 radical (unpaired) electrons. The lowest BCUT2D eigenvalue weighted by Gasteiger charge is -2.15. The van der Waals surface area contributed by atoms with Gasteiger partial charge < -0.3 is 0 Å². The van der Waals surface area contributed by atoms with Gasteiger partial charge in [-0.2, -0.15) is 4.31 Å². The monoisotopic (exact) mass is 336 g/mol. The van der Waals surface area contributed by atoms with Crippen molar-refractivity contribution in [3.05, 3.63) is 24.1 Å². The Kier molecular flexibility index (Phi) is 4.34. The van der Waals surface area contributed by atoms with E-state index in [0.29, 0.717) is 19.0 Å². The van der Waals surface area contributed by atoms with E-state index >= 15 is 0 Å². The van der Waals surface area contributed by atoms with E-state index in [1.807, 2.05) is 0 Å². The highest BCUT2D eigenvalue weighted by molar-refractivity contribution is 9.09. The number of alkyl halides is 1. The quantitative estimate of drug-likeness (QED) is 0.790. The average Bonchev–Trinajstić information content (AvgIpc) is 2.79. The highest BCUT2D eigenvalue weighted by Gasteiger charge is 2.34. The van der Waals surface area contributed by atoms with Gasteiger partial charge in [-0.3, -0.25) is 0 Å². The summed E-state index contributed by atoms with van der Waals surface area (Å²) in [7, 11) is -3.79. The molecule has 0 saturated carbocycles. The molecule has 1 aliphatic rings. The Labute approximate surface area is 114 Å². The van der Waals surface area contributed by atoms with Gasteiger partial charge >= 0.3 is 0 Å². The van der Waals surface area contributed by atoms with Gasteiger partial charge in [0.05, 0.1) is 0 Å². The Morgan fingerprint density at radius 1 is 1.56 bits per heavy atom. The fourth-order valence-electron chi connectivity index (χ4n) is 2.09. The Bertz CT molecular complexity index is 524. The van der Waals surface area contributed by atoms with Crippen LogP contribution in [0.1, 0.15) is 12.8 Å². The van der Waals surface area contributed by atoms with E-state index in [1.54, 1.807) is 0 Å². The molecule has 1 unspecified atom stereocenters. The minimum absolute atomic E-state index is 0.339. The van der Waals surface area contributed by atoms with E-state index < -0.39 is 20.9 Å². The maximum atomic E-state index is 13.5. The van der Waals surface area contributed by atoms with E-state index in [1.165, 1.54) is 16.6 Å². The van der Waals surface area contributed by atoms with E-state index in [2.05, 4.69) is 20.9 Å². The SMILES string of the molecule is O=S(=O)(c1ncccc1F)N1CCC(CCBr)C1. The van der Waals surface area contributed by atoms with Gasteiger partial charge in [0, 0.05) is 24.6 Å². The van der Waals surface area contributed by atoms with Gasteiger partial charge in [0.15, 0.2) is 5.82 Å². The van der Waals surface area contributed by atoms with Crippen LogP contribution in [0.5, 0.6) is 0 Å². The third-order valence-corrected chi connectivity index (χ3v) is 5.33. The highest BCUT2D eigenvalue weighted by Crippen LogP contribution is 2.26. The van der Waals surface area contributed by atoms with Crippen molar-refractivity contribution >= 4 is 26.0 Å². The number of halogens is 2. The molecule has 0 bridgehead atoms. The molecule has 0 N–H and O–H groups in total. The molecule has 2 rings (SSSR count). The maximum Gasteiger partial charge on any atom is 0.263 e. The van der Waals surface area contributed by atoms with Crippen molar-refractivity contribution in [3.8, 4) is 0 Å². The minimum Gasteiger partial charge on any atom is -0.241 e. The predicted octanol–water partition coefficient (Wildman–Crippen LogP) is 2.02. The average molecular weight is 337 g/mol. The van der Waals surface area contributed by atoms with Gasteiger partial charge in [-0.05, 0) is 30.9 Å². The van der Waals surface area contributed by atoms with Gasteiger partial charge in [-0.1, -0.05) is 15.9 Å².